The molecule has 0 amide bonds. The number of hydrogen-bond donors (Lipinski definition) is 0. The van der Waals surface area contributed by atoms with Crippen molar-refractivity contribution >= 4 is 32.7 Å². The van der Waals surface area contributed by atoms with E-state index in [1.165, 1.54) is 54.9 Å². The second kappa shape index (κ2) is 8.55. The van der Waals surface area contributed by atoms with Crippen molar-refractivity contribution in [1.82, 2.24) is 0 Å². The number of hydrogen-bond acceptors (Lipinski definition) is 1. The first-order valence-electron chi connectivity index (χ1n) is 12.4. The molecule has 0 atom stereocenters. The van der Waals surface area contributed by atoms with Crippen LogP contribution in [0.4, 0.5) is 0 Å². The normalized spacial score (nSPS) is 11.4. The molecule has 7 aromatic rings. The second-order valence-corrected chi connectivity index (χ2v) is 9.38. The van der Waals surface area contributed by atoms with E-state index in [2.05, 4.69) is 133 Å². The summed E-state index contributed by atoms with van der Waals surface area (Å²) in [6.07, 6.45) is 0.932. The van der Waals surface area contributed by atoms with E-state index in [1.807, 2.05) is 0 Å². The summed E-state index contributed by atoms with van der Waals surface area (Å²) in [5, 5.41) is 4.82. The molecule has 0 fully saturated rings. The van der Waals surface area contributed by atoms with Gasteiger partial charge in [0.05, 0.1) is 0 Å². The Labute approximate surface area is 210 Å². The highest BCUT2D eigenvalue weighted by Crippen LogP contribution is 2.40. The van der Waals surface area contributed by atoms with Gasteiger partial charge >= 0.3 is 0 Å². The second-order valence-electron chi connectivity index (χ2n) is 9.38. The third-order valence-corrected chi connectivity index (χ3v) is 7.07. The molecule has 170 valence electrons. The van der Waals surface area contributed by atoms with Gasteiger partial charge in [0.2, 0.25) is 0 Å². The first-order chi connectivity index (χ1) is 17.8. The van der Waals surface area contributed by atoms with E-state index in [0.29, 0.717) is 0 Å². The molecular formula is C35H24O. The summed E-state index contributed by atoms with van der Waals surface area (Å²) >= 11 is 0. The summed E-state index contributed by atoms with van der Waals surface area (Å²) < 4.78 is 6.31. The molecule has 0 saturated heterocycles. The van der Waals surface area contributed by atoms with Crippen LogP contribution in [0, 0.1) is 0 Å². The van der Waals surface area contributed by atoms with Crippen LogP contribution < -0.4 is 0 Å². The maximum Gasteiger partial charge on any atom is 0.136 e. The van der Waals surface area contributed by atoms with Gasteiger partial charge in [0.1, 0.15) is 11.2 Å². The summed E-state index contributed by atoms with van der Waals surface area (Å²) in [5.74, 6) is 0. The van der Waals surface area contributed by atoms with Crippen molar-refractivity contribution < 1.29 is 4.42 Å². The number of furan rings is 1. The van der Waals surface area contributed by atoms with Crippen molar-refractivity contribution in [2.45, 2.75) is 6.42 Å². The lowest BCUT2D eigenvalue weighted by Gasteiger charge is -2.10. The lowest BCUT2D eigenvalue weighted by atomic mass is 9.93. The lowest BCUT2D eigenvalue weighted by molar-refractivity contribution is 0.669. The van der Waals surface area contributed by atoms with E-state index in [0.717, 1.165) is 17.6 Å². The summed E-state index contributed by atoms with van der Waals surface area (Å²) in [6.45, 7) is 0. The molecule has 0 bridgehead atoms. The van der Waals surface area contributed by atoms with Crippen LogP contribution >= 0.6 is 0 Å². The minimum absolute atomic E-state index is 0.925. The quantitative estimate of drug-likeness (QED) is 0.255. The fourth-order valence-electron chi connectivity index (χ4n) is 5.39. The molecule has 0 radical (unpaired) electrons. The molecule has 0 saturated carbocycles. The summed E-state index contributed by atoms with van der Waals surface area (Å²) in [7, 11) is 0. The van der Waals surface area contributed by atoms with E-state index in [9.17, 15) is 0 Å². The van der Waals surface area contributed by atoms with Gasteiger partial charge in [0.25, 0.3) is 0 Å². The third-order valence-electron chi connectivity index (χ3n) is 7.07. The predicted molar refractivity (Wildman–Crippen MR) is 151 cm³/mol. The summed E-state index contributed by atoms with van der Waals surface area (Å²) in [6, 6.07) is 47.6. The van der Waals surface area contributed by atoms with Crippen molar-refractivity contribution in [3.8, 4) is 22.3 Å². The Balaban J connectivity index is 1.36. The zero-order valence-electron chi connectivity index (χ0n) is 19.8. The van der Waals surface area contributed by atoms with Crippen LogP contribution in [0.2, 0.25) is 0 Å². The van der Waals surface area contributed by atoms with Gasteiger partial charge in [0, 0.05) is 10.8 Å². The van der Waals surface area contributed by atoms with Gasteiger partial charge in [-0.1, -0.05) is 115 Å². The standard InChI is InChI=1S/C35H24O/c1-2-9-24(10-3-1)21-25-11-6-13-27(22-25)28-14-7-15-29(23-28)31-17-8-18-32-35(31)34-30-16-5-4-12-26(30)19-20-33(34)36-32/h1-20,22-23H,21H2. The molecule has 0 aliphatic carbocycles. The minimum atomic E-state index is 0.925. The zero-order valence-corrected chi connectivity index (χ0v) is 19.8. The lowest BCUT2D eigenvalue weighted by Crippen LogP contribution is -1.89. The smallest absolute Gasteiger partial charge is 0.136 e. The highest BCUT2D eigenvalue weighted by Gasteiger charge is 2.15. The van der Waals surface area contributed by atoms with Crippen LogP contribution in [0.25, 0.3) is 55.0 Å². The van der Waals surface area contributed by atoms with Crippen molar-refractivity contribution in [1.29, 1.82) is 0 Å². The van der Waals surface area contributed by atoms with E-state index >= 15 is 0 Å². The Hall–Kier alpha value is -4.62. The van der Waals surface area contributed by atoms with Crippen LogP contribution in [0.1, 0.15) is 11.1 Å². The maximum absolute atomic E-state index is 6.31. The molecule has 1 heterocycles. The van der Waals surface area contributed by atoms with Crippen LogP contribution in [0.5, 0.6) is 0 Å². The fourth-order valence-corrected chi connectivity index (χ4v) is 5.39. The fraction of sp³-hybridized carbons (Fsp3) is 0.0286. The Morgan fingerprint density at radius 1 is 0.444 bits per heavy atom. The first kappa shape index (κ1) is 20.7. The Bertz CT molecular complexity index is 1860. The number of fused-ring (bicyclic) bond motifs is 5. The molecule has 0 aliphatic heterocycles. The molecule has 1 nitrogen and oxygen atoms in total. The van der Waals surface area contributed by atoms with E-state index in [1.54, 1.807) is 0 Å². The topological polar surface area (TPSA) is 13.1 Å². The van der Waals surface area contributed by atoms with Crippen LogP contribution in [0.15, 0.2) is 138 Å². The monoisotopic (exact) mass is 460 g/mol. The van der Waals surface area contributed by atoms with Gasteiger partial charge in [-0.25, -0.2) is 0 Å². The van der Waals surface area contributed by atoms with E-state index < -0.39 is 0 Å². The van der Waals surface area contributed by atoms with Gasteiger partial charge in [-0.3, -0.25) is 0 Å². The van der Waals surface area contributed by atoms with Crippen molar-refractivity contribution in [2.75, 3.05) is 0 Å². The molecule has 1 heteroatoms. The van der Waals surface area contributed by atoms with Gasteiger partial charge in [-0.2, -0.15) is 0 Å². The largest absolute Gasteiger partial charge is 0.456 e. The molecule has 7 rings (SSSR count). The number of rotatable bonds is 4. The van der Waals surface area contributed by atoms with Crippen LogP contribution in [0.3, 0.4) is 0 Å². The average Bonchev–Trinajstić information content (AvgIpc) is 3.33. The molecule has 0 N–H and O–H groups in total. The Morgan fingerprint density at radius 3 is 2.06 bits per heavy atom. The van der Waals surface area contributed by atoms with Crippen molar-refractivity contribution in [2.24, 2.45) is 0 Å². The molecule has 0 unspecified atom stereocenters. The van der Waals surface area contributed by atoms with Gasteiger partial charge < -0.3 is 4.42 Å². The Kier molecular flexibility index (Phi) is 4.92. The zero-order chi connectivity index (χ0) is 23.9. The SMILES string of the molecule is c1ccc(Cc2cccc(-c3cccc(-c4cccc5oc6ccc7ccccc7c6c45)c3)c2)cc1. The van der Waals surface area contributed by atoms with Gasteiger partial charge in [0.15, 0.2) is 0 Å². The Morgan fingerprint density at radius 2 is 1.14 bits per heavy atom. The average molecular weight is 461 g/mol. The first-order valence-corrected chi connectivity index (χ1v) is 12.4. The number of benzene rings is 6. The molecule has 0 aliphatic rings. The van der Waals surface area contributed by atoms with Crippen molar-refractivity contribution in [3.05, 3.63) is 145 Å². The van der Waals surface area contributed by atoms with Crippen LogP contribution in [-0.4, -0.2) is 0 Å². The molecule has 6 aromatic carbocycles. The summed E-state index contributed by atoms with van der Waals surface area (Å²) in [5.41, 5.74) is 9.35. The van der Waals surface area contributed by atoms with Gasteiger partial charge in [-0.05, 0) is 68.8 Å². The highest BCUT2D eigenvalue weighted by atomic mass is 16.3. The minimum Gasteiger partial charge on any atom is -0.456 e. The maximum atomic E-state index is 6.31. The molecular weight excluding hydrogens is 436 g/mol. The van der Waals surface area contributed by atoms with Crippen LogP contribution in [-0.2, 0) is 6.42 Å². The van der Waals surface area contributed by atoms with Gasteiger partial charge in [-0.15, -0.1) is 0 Å². The van der Waals surface area contributed by atoms with Crippen molar-refractivity contribution in [3.63, 3.8) is 0 Å². The predicted octanol–water partition coefficient (Wildman–Crippen LogP) is 9.66. The summed E-state index contributed by atoms with van der Waals surface area (Å²) in [4.78, 5) is 0. The molecule has 0 spiro atoms. The molecule has 1 aromatic heterocycles. The van der Waals surface area contributed by atoms with E-state index in [4.69, 9.17) is 4.42 Å². The van der Waals surface area contributed by atoms with E-state index in [-0.39, 0.29) is 0 Å². The third kappa shape index (κ3) is 3.57. The molecule has 36 heavy (non-hydrogen) atoms. The highest BCUT2D eigenvalue weighted by molar-refractivity contribution is 6.22.